The first kappa shape index (κ1) is 18.8. The molecule has 0 unspecified atom stereocenters. The fourth-order valence-electron chi connectivity index (χ4n) is 2.91. The van der Waals surface area contributed by atoms with Gasteiger partial charge in [0.2, 0.25) is 5.91 Å². The van der Waals surface area contributed by atoms with Gasteiger partial charge in [-0.2, -0.15) is 0 Å². The first-order valence-corrected chi connectivity index (χ1v) is 8.56. The molecule has 5 heteroatoms. The second-order valence-corrected chi connectivity index (χ2v) is 6.24. The third-order valence-electron chi connectivity index (χ3n) is 4.50. The summed E-state index contributed by atoms with van der Waals surface area (Å²) in [5, 5.41) is 2.96. The predicted octanol–water partition coefficient (Wildman–Crippen LogP) is 4.00. The molecule has 1 aromatic carbocycles. The molecular formula is C20H26N2O3. The molecule has 1 heterocycles. The standard InChI is InChI=1S/C20H26N2O3/c1-6-25-20(24)19-14(4)17(21-15(19)5)10-11-18(23)22-16-9-7-8-12(2)13(16)3/h7-9,21H,6,10-11H2,1-5H3,(H,22,23). The zero-order valence-electron chi connectivity index (χ0n) is 15.6. The van der Waals surface area contributed by atoms with Crippen LogP contribution >= 0.6 is 0 Å². The highest BCUT2D eigenvalue weighted by molar-refractivity contribution is 5.93. The number of ether oxygens (including phenoxy) is 1. The van der Waals surface area contributed by atoms with Gasteiger partial charge in [-0.1, -0.05) is 12.1 Å². The molecule has 2 N–H and O–H groups in total. The molecule has 0 fully saturated rings. The van der Waals surface area contributed by atoms with E-state index in [0.717, 1.165) is 33.8 Å². The van der Waals surface area contributed by atoms with Crippen molar-refractivity contribution in [2.75, 3.05) is 11.9 Å². The van der Waals surface area contributed by atoms with Gasteiger partial charge in [-0.25, -0.2) is 4.79 Å². The third-order valence-corrected chi connectivity index (χ3v) is 4.50. The summed E-state index contributed by atoms with van der Waals surface area (Å²) in [5.74, 6) is -0.363. The lowest BCUT2D eigenvalue weighted by molar-refractivity contribution is -0.116. The summed E-state index contributed by atoms with van der Waals surface area (Å²) in [6, 6.07) is 5.86. The number of aromatic amines is 1. The molecule has 0 bridgehead atoms. The van der Waals surface area contributed by atoms with Gasteiger partial charge in [-0.05, 0) is 63.8 Å². The molecule has 0 spiro atoms. The maximum atomic E-state index is 12.3. The molecule has 0 saturated carbocycles. The Kier molecular flexibility index (Phi) is 6.02. The van der Waals surface area contributed by atoms with Gasteiger partial charge in [-0.3, -0.25) is 4.79 Å². The van der Waals surface area contributed by atoms with Crippen LogP contribution in [0, 0.1) is 27.7 Å². The molecular weight excluding hydrogens is 316 g/mol. The van der Waals surface area contributed by atoms with Gasteiger partial charge in [0.05, 0.1) is 12.2 Å². The summed E-state index contributed by atoms with van der Waals surface area (Å²) < 4.78 is 5.09. The summed E-state index contributed by atoms with van der Waals surface area (Å²) >= 11 is 0. The Morgan fingerprint density at radius 2 is 1.84 bits per heavy atom. The van der Waals surface area contributed by atoms with Crippen molar-refractivity contribution in [2.24, 2.45) is 0 Å². The van der Waals surface area contributed by atoms with Gasteiger partial charge in [0.15, 0.2) is 0 Å². The molecule has 1 amide bonds. The molecule has 2 rings (SSSR count). The summed E-state index contributed by atoms with van der Waals surface area (Å²) in [6.07, 6.45) is 0.888. The summed E-state index contributed by atoms with van der Waals surface area (Å²) in [5.41, 5.74) is 6.18. The number of aromatic nitrogens is 1. The van der Waals surface area contributed by atoms with E-state index in [1.807, 2.05) is 45.9 Å². The highest BCUT2D eigenvalue weighted by Gasteiger charge is 2.19. The number of nitrogens with one attached hydrogen (secondary N) is 2. The van der Waals surface area contributed by atoms with E-state index >= 15 is 0 Å². The maximum Gasteiger partial charge on any atom is 0.340 e. The van der Waals surface area contributed by atoms with E-state index in [9.17, 15) is 9.59 Å². The fourth-order valence-corrected chi connectivity index (χ4v) is 2.91. The number of hydrogen-bond donors (Lipinski definition) is 2. The molecule has 0 aliphatic heterocycles. The van der Waals surface area contributed by atoms with E-state index < -0.39 is 0 Å². The Balaban J connectivity index is 2.04. The minimum Gasteiger partial charge on any atom is -0.462 e. The number of aryl methyl sites for hydroxylation is 3. The van der Waals surface area contributed by atoms with Crippen molar-refractivity contribution in [2.45, 2.75) is 47.5 Å². The Labute approximate surface area is 148 Å². The first-order valence-electron chi connectivity index (χ1n) is 8.56. The van der Waals surface area contributed by atoms with Crippen LogP contribution in [0.15, 0.2) is 18.2 Å². The monoisotopic (exact) mass is 342 g/mol. The van der Waals surface area contributed by atoms with Crippen LogP contribution in [0.25, 0.3) is 0 Å². The van der Waals surface area contributed by atoms with Crippen molar-refractivity contribution >= 4 is 17.6 Å². The van der Waals surface area contributed by atoms with Crippen molar-refractivity contribution in [1.82, 2.24) is 4.98 Å². The van der Waals surface area contributed by atoms with Crippen LogP contribution in [0.4, 0.5) is 5.69 Å². The number of carbonyl (C=O) groups is 2. The molecule has 2 aromatic rings. The topological polar surface area (TPSA) is 71.2 Å². The van der Waals surface area contributed by atoms with Crippen LogP contribution in [-0.2, 0) is 16.0 Å². The van der Waals surface area contributed by atoms with Crippen LogP contribution in [0.3, 0.4) is 0 Å². The maximum absolute atomic E-state index is 12.3. The van der Waals surface area contributed by atoms with Crippen LogP contribution in [-0.4, -0.2) is 23.5 Å². The van der Waals surface area contributed by atoms with Crippen molar-refractivity contribution in [3.8, 4) is 0 Å². The van der Waals surface area contributed by atoms with Crippen molar-refractivity contribution < 1.29 is 14.3 Å². The van der Waals surface area contributed by atoms with Gasteiger partial charge in [0.1, 0.15) is 0 Å². The highest BCUT2D eigenvalue weighted by Crippen LogP contribution is 2.21. The summed E-state index contributed by atoms with van der Waals surface area (Å²) in [6.45, 7) is 9.87. The lowest BCUT2D eigenvalue weighted by Gasteiger charge is -2.10. The lowest BCUT2D eigenvalue weighted by atomic mass is 10.1. The van der Waals surface area contributed by atoms with E-state index in [-0.39, 0.29) is 11.9 Å². The number of esters is 1. The van der Waals surface area contributed by atoms with Gasteiger partial charge >= 0.3 is 5.97 Å². The number of amides is 1. The molecule has 0 aliphatic rings. The third kappa shape index (κ3) is 4.29. The van der Waals surface area contributed by atoms with Crippen molar-refractivity contribution in [1.29, 1.82) is 0 Å². The Morgan fingerprint density at radius 3 is 2.52 bits per heavy atom. The Hall–Kier alpha value is -2.56. The van der Waals surface area contributed by atoms with E-state index in [4.69, 9.17) is 4.74 Å². The Bertz CT molecular complexity index is 790. The lowest BCUT2D eigenvalue weighted by Crippen LogP contribution is -2.14. The quantitative estimate of drug-likeness (QED) is 0.780. The van der Waals surface area contributed by atoms with Crippen LogP contribution in [0.2, 0.25) is 0 Å². The molecule has 0 aliphatic carbocycles. The van der Waals surface area contributed by atoms with Crippen LogP contribution in [0.5, 0.6) is 0 Å². The van der Waals surface area contributed by atoms with E-state index in [1.165, 1.54) is 0 Å². The zero-order valence-corrected chi connectivity index (χ0v) is 15.6. The van der Waals surface area contributed by atoms with Gasteiger partial charge in [0.25, 0.3) is 0 Å². The number of carbonyl (C=O) groups excluding carboxylic acids is 2. The average Bonchev–Trinajstić information content (AvgIpc) is 2.84. The van der Waals surface area contributed by atoms with Gasteiger partial charge in [-0.15, -0.1) is 0 Å². The minimum absolute atomic E-state index is 0.0435. The van der Waals surface area contributed by atoms with E-state index in [1.54, 1.807) is 6.92 Å². The molecule has 0 atom stereocenters. The SMILES string of the molecule is CCOC(=O)c1c(C)[nH]c(CCC(=O)Nc2cccc(C)c2C)c1C. The number of rotatable bonds is 6. The van der Waals surface area contributed by atoms with Crippen molar-refractivity contribution in [3.05, 3.63) is 51.8 Å². The summed E-state index contributed by atoms with van der Waals surface area (Å²) in [4.78, 5) is 27.5. The first-order chi connectivity index (χ1) is 11.8. The average molecular weight is 342 g/mol. The Morgan fingerprint density at radius 1 is 1.12 bits per heavy atom. The predicted molar refractivity (Wildman–Crippen MR) is 99.1 cm³/mol. The number of anilines is 1. The normalized spacial score (nSPS) is 10.6. The zero-order chi connectivity index (χ0) is 18.6. The molecule has 0 saturated heterocycles. The minimum atomic E-state index is -0.320. The second-order valence-electron chi connectivity index (χ2n) is 6.24. The largest absolute Gasteiger partial charge is 0.462 e. The molecule has 134 valence electrons. The smallest absolute Gasteiger partial charge is 0.340 e. The van der Waals surface area contributed by atoms with Gasteiger partial charge in [0, 0.05) is 23.5 Å². The number of H-pyrrole nitrogens is 1. The van der Waals surface area contributed by atoms with E-state index in [2.05, 4.69) is 10.3 Å². The van der Waals surface area contributed by atoms with Gasteiger partial charge < -0.3 is 15.0 Å². The van der Waals surface area contributed by atoms with Crippen LogP contribution in [0.1, 0.15) is 51.8 Å². The summed E-state index contributed by atoms with van der Waals surface area (Å²) in [7, 11) is 0. The second kappa shape index (κ2) is 8.01. The molecule has 1 aromatic heterocycles. The van der Waals surface area contributed by atoms with Crippen molar-refractivity contribution in [3.63, 3.8) is 0 Å². The molecule has 25 heavy (non-hydrogen) atoms. The fraction of sp³-hybridized carbons (Fsp3) is 0.400. The molecule has 0 radical (unpaired) electrons. The highest BCUT2D eigenvalue weighted by atomic mass is 16.5. The van der Waals surface area contributed by atoms with E-state index in [0.29, 0.717) is 25.0 Å². The van der Waals surface area contributed by atoms with Crippen LogP contribution < -0.4 is 5.32 Å². The molecule has 5 nitrogen and oxygen atoms in total. The number of hydrogen-bond acceptors (Lipinski definition) is 3. The number of benzene rings is 1.